The van der Waals surface area contributed by atoms with Gasteiger partial charge in [-0.1, -0.05) is 11.6 Å². The van der Waals surface area contributed by atoms with Gasteiger partial charge in [0.05, 0.1) is 11.6 Å². The Bertz CT molecular complexity index is 470. The van der Waals surface area contributed by atoms with Gasteiger partial charge in [0, 0.05) is 23.6 Å². The van der Waals surface area contributed by atoms with E-state index in [4.69, 9.17) is 11.6 Å². The molecule has 0 N–H and O–H groups in total. The molecule has 1 saturated heterocycles. The summed E-state index contributed by atoms with van der Waals surface area (Å²) in [7, 11) is 0. The summed E-state index contributed by atoms with van der Waals surface area (Å²) in [5.41, 5.74) is 0.00701. The molecule has 92 valence electrons. The summed E-state index contributed by atoms with van der Waals surface area (Å²) in [6.07, 6.45) is 1.10. The molecular weight excluding hydrogens is 317 g/mol. The Hall–Kier alpha value is -0.750. The van der Waals surface area contributed by atoms with E-state index in [-0.39, 0.29) is 23.7 Å². The fourth-order valence-electron chi connectivity index (χ4n) is 1.63. The van der Waals surface area contributed by atoms with Gasteiger partial charge >= 0.3 is 0 Å². The number of nitrogens with zero attached hydrogens (tertiary/aromatic N) is 2. The van der Waals surface area contributed by atoms with Gasteiger partial charge < -0.3 is 4.90 Å². The zero-order valence-electron chi connectivity index (χ0n) is 8.59. The van der Waals surface area contributed by atoms with Crippen molar-refractivity contribution in [2.45, 2.75) is 12.3 Å². The van der Waals surface area contributed by atoms with Gasteiger partial charge in [-0.2, -0.15) is 0 Å². The SMILES string of the molecule is O=C(c1ncc(Br)cc1Cl)N1CCC(F)(F)C1. The third-order valence-corrected chi connectivity index (χ3v) is 3.19. The minimum atomic E-state index is -2.81. The predicted octanol–water partition coefficient (Wildman–Crippen LogP) is 2.98. The average molecular weight is 326 g/mol. The summed E-state index contributed by atoms with van der Waals surface area (Å²) in [4.78, 5) is 16.8. The van der Waals surface area contributed by atoms with Crippen LogP contribution in [0.2, 0.25) is 5.02 Å². The summed E-state index contributed by atoms with van der Waals surface area (Å²) in [6, 6.07) is 1.51. The Morgan fingerprint density at radius 1 is 1.59 bits per heavy atom. The van der Waals surface area contributed by atoms with Crippen LogP contribution in [0.25, 0.3) is 0 Å². The van der Waals surface area contributed by atoms with E-state index >= 15 is 0 Å². The third kappa shape index (κ3) is 2.74. The zero-order chi connectivity index (χ0) is 12.6. The first-order valence-electron chi connectivity index (χ1n) is 4.87. The lowest BCUT2D eigenvalue weighted by Crippen LogP contribution is -2.32. The zero-order valence-corrected chi connectivity index (χ0v) is 10.9. The highest BCUT2D eigenvalue weighted by Gasteiger charge is 2.41. The van der Waals surface area contributed by atoms with Crippen molar-refractivity contribution >= 4 is 33.4 Å². The Kier molecular flexibility index (Phi) is 3.36. The van der Waals surface area contributed by atoms with Crippen molar-refractivity contribution in [3.8, 4) is 0 Å². The second-order valence-corrected chi connectivity index (χ2v) is 5.14. The second-order valence-electron chi connectivity index (χ2n) is 3.82. The summed E-state index contributed by atoms with van der Waals surface area (Å²) in [6.45, 7) is -0.542. The largest absolute Gasteiger partial charge is 0.331 e. The van der Waals surface area contributed by atoms with Crippen LogP contribution in [0.1, 0.15) is 16.9 Å². The topological polar surface area (TPSA) is 33.2 Å². The quantitative estimate of drug-likeness (QED) is 0.795. The molecule has 2 rings (SSSR count). The second kappa shape index (κ2) is 4.49. The van der Waals surface area contributed by atoms with Crippen molar-refractivity contribution in [1.82, 2.24) is 9.88 Å². The number of pyridine rings is 1. The molecule has 2 heterocycles. The summed E-state index contributed by atoms with van der Waals surface area (Å²) >= 11 is 9.00. The Balaban J connectivity index is 2.21. The van der Waals surface area contributed by atoms with E-state index in [1.807, 2.05) is 0 Å². The molecule has 1 amide bonds. The lowest BCUT2D eigenvalue weighted by atomic mass is 10.3. The summed E-state index contributed by atoms with van der Waals surface area (Å²) in [5, 5.41) is 0.152. The summed E-state index contributed by atoms with van der Waals surface area (Å²) < 4.78 is 26.6. The van der Waals surface area contributed by atoms with E-state index in [0.29, 0.717) is 4.47 Å². The highest BCUT2D eigenvalue weighted by molar-refractivity contribution is 9.10. The molecule has 3 nitrogen and oxygen atoms in total. The number of hydrogen-bond donors (Lipinski definition) is 0. The van der Waals surface area contributed by atoms with Crippen molar-refractivity contribution in [2.24, 2.45) is 0 Å². The van der Waals surface area contributed by atoms with Gasteiger partial charge in [-0.15, -0.1) is 0 Å². The Morgan fingerprint density at radius 2 is 2.29 bits per heavy atom. The Morgan fingerprint density at radius 3 is 2.82 bits per heavy atom. The molecule has 1 aromatic rings. The van der Waals surface area contributed by atoms with E-state index in [2.05, 4.69) is 20.9 Å². The minimum absolute atomic E-state index is 0.00701. The highest BCUT2D eigenvalue weighted by Crippen LogP contribution is 2.29. The van der Waals surface area contributed by atoms with E-state index in [1.165, 1.54) is 12.3 Å². The van der Waals surface area contributed by atoms with Gasteiger partial charge in [0.15, 0.2) is 0 Å². The van der Waals surface area contributed by atoms with Crippen LogP contribution in [0.4, 0.5) is 8.78 Å². The molecule has 0 spiro atoms. The van der Waals surface area contributed by atoms with E-state index in [0.717, 1.165) is 4.90 Å². The molecular formula is C10H8BrClF2N2O. The van der Waals surface area contributed by atoms with Crippen LogP contribution in [0, 0.1) is 0 Å². The fourth-order valence-corrected chi connectivity index (χ4v) is 2.34. The molecule has 0 aromatic carbocycles. The minimum Gasteiger partial charge on any atom is -0.331 e. The molecule has 0 unspecified atom stereocenters. The van der Waals surface area contributed by atoms with Gasteiger partial charge in [0.2, 0.25) is 0 Å². The van der Waals surface area contributed by atoms with Gasteiger partial charge in [-0.25, -0.2) is 13.8 Å². The lowest BCUT2D eigenvalue weighted by molar-refractivity contribution is 0.0119. The number of amides is 1. The molecule has 1 fully saturated rings. The van der Waals surface area contributed by atoms with Crippen LogP contribution in [-0.2, 0) is 0 Å². The fraction of sp³-hybridized carbons (Fsp3) is 0.400. The number of likely N-dealkylation sites (tertiary alicyclic amines) is 1. The van der Waals surface area contributed by atoms with Crippen molar-refractivity contribution in [3.05, 3.63) is 27.5 Å². The van der Waals surface area contributed by atoms with E-state index in [1.54, 1.807) is 0 Å². The number of hydrogen-bond acceptors (Lipinski definition) is 2. The maximum Gasteiger partial charge on any atom is 0.274 e. The first-order chi connectivity index (χ1) is 7.89. The Labute approximate surface area is 110 Å². The van der Waals surface area contributed by atoms with Crippen LogP contribution in [0.15, 0.2) is 16.7 Å². The number of alkyl halides is 2. The van der Waals surface area contributed by atoms with Crippen LogP contribution in [0.5, 0.6) is 0 Å². The molecule has 0 saturated carbocycles. The smallest absolute Gasteiger partial charge is 0.274 e. The first-order valence-corrected chi connectivity index (χ1v) is 6.04. The van der Waals surface area contributed by atoms with Crippen molar-refractivity contribution < 1.29 is 13.6 Å². The normalized spacial score (nSPS) is 18.5. The molecule has 1 aliphatic heterocycles. The van der Waals surface area contributed by atoms with Gasteiger partial charge in [-0.3, -0.25) is 4.79 Å². The third-order valence-electron chi connectivity index (χ3n) is 2.47. The molecule has 7 heteroatoms. The molecule has 0 radical (unpaired) electrons. The van der Waals surface area contributed by atoms with Crippen LogP contribution in [0.3, 0.4) is 0 Å². The standard InChI is InChI=1S/C10H8BrClF2N2O/c11-6-3-7(12)8(15-4-6)9(17)16-2-1-10(13,14)5-16/h3-4H,1-2,5H2. The monoisotopic (exact) mass is 324 g/mol. The van der Waals surface area contributed by atoms with Crippen LogP contribution >= 0.6 is 27.5 Å². The summed E-state index contributed by atoms with van der Waals surface area (Å²) in [5.74, 6) is -3.36. The van der Waals surface area contributed by atoms with Crippen LogP contribution in [-0.4, -0.2) is 34.8 Å². The molecule has 1 aromatic heterocycles. The molecule has 0 atom stereocenters. The molecule has 0 aliphatic carbocycles. The average Bonchev–Trinajstić information content (AvgIpc) is 2.58. The maximum atomic E-state index is 13.0. The number of carbonyl (C=O) groups excluding carboxylic acids is 1. The first kappa shape index (κ1) is 12.7. The highest BCUT2D eigenvalue weighted by atomic mass is 79.9. The van der Waals surface area contributed by atoms with Gasteiger partial charge in [-0.05, 0) is 22.0 Å². The maximum absolute atomic E-state index is 13.0. The van der Waals surface area contributed by atoms with E-state index in [9.17, 15) is 13.6 Å². The number of aromatic nitrogens is 1. The van der Waals surface area contributed by atoms with Gasteiger partial charge in [0.1, 0.15) is 5.69 Å². The molecule has 0 bridgehead atoms. The van der Waals surface area contributed by atoms with E-state index < -0.39 is 18.4 Å². The van der Waals surface area contributed by atoms with Crippen molar-refractivity contribution in [3.63, 3.8) is 0 Å². The van der Waals surface area contributed by atoms with Gasteiger partial charge in [0.25, 0.3) is 11.8 Å². The lowest BCUT2D eigenvalue weighted by Gasteiger charge is -2.16. The number of rotatable bonds is 1. The molecule has 17 heavy (non-hydrogen) atoms. The van der Waals surface area contributed by atoms with Crippen molar-refractivity contribution in [2.75, 3.05) is 13.1 Å². The molecule has 1 aliphatic rings. The predicted molar refractivity (Wildman–Crippen MR) is 62.4 cm³/mol. The van der Waals surface area contributed by atoms with Crippen LogP contribution < -0.4 is 0 Å². The number of halogens is 4. The number of carbonyl (C=O) groups is 1. The van der Waals surface area contributed by atoms with Crippen molar-refractivity contribution in [1.29, 1.82) is 0 Å².